The maximum atomic E-state index is 2.45. The first-order chi connectivity index (χ1) is 20.8. The molecule has 0 aliphatic heterocycles. The Morgan fingerprint density at radius 1 is 0.558 bits per heavy atom. The van der Waals surface area contributed by atoms with Crippen LogP contribution in [0.4, 0.5) is 0 Å². The van der Waals surface area contributed by atoms with Crippen molar-refractivity contribution in [3.05, 3.63) is 133 Å². The number of rotatable bonds is 2. The first kappa shape index (κ1) is 25.7. The molecule has 0 amide bonds. The molecule has 208 valence electrons. The third-order valence-electron chi connectivity index (χ3n) is 9.33. The van der Waals surface area contributed by atoms with Crippen LogP contribution in [-0.2, 0) is 12.5 Å². The average molecular weight is 556 g/mol. The van der Waals surface area contributed by atoms with Gasteiger partial charge in [-0.05, 0) is 81.4 Å². The van der Waals surface area contributed by atoms with Crippen molar-refractivity contribution in [3.63, 3.8) is 0 Å². The summed E-state index contributed by atoms with van der Waals surface area (Å²) >= 11 is 0. The Balaban J connectivity index is 1.38. The topological polar surface area (TPSA) is 8.81 Å². The van der Waals surface area contributed by atoms with Gasteiger partial charge >= 0.3 is 0 Å². The predicted molar refractivity (Wildman–Crippen MR) is 183 cm³/mol. The maximum absolute atomic E-state index is 2.45. The summed E-state index contributed by atoms with van der Waals surface area (Å²) in [5.41, 5.74) is 8.97. The van der Waals surface area contributed by atoms with Crippen LogP contribution in [0.5, 0.6) is 0 Å². The minimum atomic E-state index is 0.0289. The van der Waals surface area contributed by atoms with Crippen LogP contribution in [0.25, 0.3) is 71.1 Å². The number of aromatic nitrogens is 2. The molecule has 0 atom stereocenters. The lowest BCUT2D eigenvalue weighted by atomic mass is 9.80. The van der Waals surface area contributed by atoms with E-state index in [-0.39, 0.29) is 5.41 Å². The molecule has 0 aliphatic rings. The summed E-state index contributed by atoms with van der Waals surface area (Å²) in [4.78, 5) is 0. The number of hydrogen-bond donors (Lipinski definition) is 0. The van der Waals surface area contributed by atoms with Gasteiger partial charge in [-0.1, -0.05) is 93.6 Å². The molecule has 2 heterocycles. The van der Waals surface area contributed by atoms with E-state index in [2.05, 4.69) is 165 Å². The number of benzene rings is 6. The first-order valence-electron chi connectivity index (χ1n) is 15.2. The Bertz CT molecular complexity index is 2350. The van der Waals surface area contributed by atoms with Crippen molar-refractivity contribution in [1.82, 2.24) is 4.57 Å². The molecular formula is C41H35N2+. The van der Waals surface area contributed by atoms with Gasteiger partial charge in [-0.15, -0.1) is 0 Å². The Labute approximate surface area is 252 Å². The highest BCUT2D eigenvalue weighted by molar-refractivity contribution is 6.13. The van der Waals surface area contributed by atoms with Gasteiger partial charge in [0.2, 0.25) is 5.69 Å². The third-order valence-corrected chi connectivity index (χ3v) is 9.33. The number of aryl methyl sites for hydroxylation is 2. The molecule has 0 aliphatic carbocycles. The van der Waals surface area contributed by atoms with Crippen LogP contribution in [0, 0.1) is 6.92 Å². The molecule has 0 spiro atoms. The predicted octanol–water partition coefficient (Wildman–Crippen LogP) is 10.3. The molecule has 8 aromatic rings. The van der Waals surface area contributed by atoms with Crippen molar-refractivity contribution in [2.24, 2.45) is 7.05 Å². The summed E-state index contributed by atoms with van der Waals surface area (Å²) in [5, 5.41) is 10.3. The summed E-state index contributed by atoms with van der Waals surface area (Å²) < 4.78 is 4.70. The molecule has 43 heavy (non-hydrogen) atoms. The highest BCUT2D eigenvalue weighted by atomic mass is 15.0. The molecule has 0 radical (unpaired) electrons. The van der Waals surface area contributed by atoms with Crippen molar-refractivity contribution < 1.29 is 4.57 Å². The number of nitrogens with zero attached hydrogens (tertiary/aromatic N) is 2. The van der Waals surface area contributed by atoms with Gasteiger partial charge in [-0.3, -0.25) is 0 Å². The van der Waals surface area contributed by atoms with E-state index in [1.54, 1.807) is 0 Å². The number of fused-ring (bicyclic) bond motifs is 7. The fraction of sp³-hybridized carbons (Fsp3) is 0.146. The molecule has 2 heteroatoms. The zero-order chi connectivity index (χ0) is 29.5. The molecule has 8 rings (SSSR count). The third kappa shape index (κ3) is 3.83. The van der Waals surface area contributed by atoms with E-state index in [0.29, 0.717) is 0 Å². The van der Waals surface area contributed by atoms with Crippen LogP contribution in [0.2, 0.25) is 0 Å². The molecular weight excluding hydrogens is 520 g/mol. The molecule has 2 aromatic heterocycles. The maximum Gasteiger partial charge on any atom is 0.220 e. The van der Waals surface area contributed by atoms with Crippen LogP contribution in [0.3, 0.4) is 0 Å². The zero-order valence-electron chi connectivity index (χ0n) is 25.4. The van der Waals surface area contributed by atoms with Crippen LogP contribution in [-0.4, -0.2) is 4.57 Å². The summed E-state index contributed by atoms with van der Waals surface area (Å²) in [6.45, 7) is 9.24. The second kappa shape index (κ2) is 9.28. The minimum Gasteiger partial charge on any atom is -0.309 e. The van der Waals surface area contributed by atoms with Crippen molar-refractivity contribution >= 4 is 54.1 Å². The lowest BCUT2D eigenvalue weighted by molar-refractivity contribution is -0.659. The molecule has 0 fully saturated rings. The van der Waals surface area contributed by atoms with Crippen LogP contribution in [0.1, 0.15) is 31.9 Å². The molecule has 0 saturated carbocycles. The molecule has 6 aromatic carbocycles. The van der Waals surface area contributed by atoms with Gasteiger partial charge in [-0.25, -0.2) is 4.57 Å². The fourth-order valence-electron chi connectivity index (χ4n) is 7.24. The van der Waals surface area contributed by atoms with E-state index >= 15 is 0 Å². The van der Waals surface area contributed by atoms with E-state index in [4.69, 9.17) is 0 Å². The van der Waals surface area contributed by atoms with Crippen molar-refractivity contribution in [3.8, 4) is 16.9 Å². The van der Waals surface area contributed by atoms with Crippen LogP contribution >= 0.6 is 0 Å². The van der Waals surface area contributed by atoms with E-state index in [1.165, 1.54) is 82.2 Å². The Kier molecular flexibility index (Phi) is 5.55. The second-order valence-electron chi connectivity index (χ2n) is 13.0. The van der Waals surface area contributed by atoms with E-state index in [9.17, 15) is 0 Å². The largest absolute Gasteiger partial charge is 0.309 e. The van der Waals surface area contributed by atoms with Gasteiger partial charge in [-0.2, -0.15) is 0 Å². The summed E-state index contributed by atoms with van der Waals surface area (Å²) in [6.07, 6.45) is 2.23. The van der Waals surface area contributed by atoms with Gasteiger partial charge in [0.1, 0.15) is 7.05 Å². The van der Waals surface area contributed by atoms with Crippen molar-refractivity contribution in [2.75, 3.05) is 0 Å². The van der Waals surface area contributed by atoms with E-state index in [1.807, 2.05) is 0 Å². The van der Waals surface area contributed by atoms with Crippen molar-refractivity contribution in [2.45, 2.75) is 33.1 Å². The molecule has 0 bridgehead atoms. The Hall–Kier alpha value is -4.95. The number of hydrogen-bond acceptors (Lipinski definition) is 0. The molecule has 0 saturated heterocycles. The first-order valence-corrected chi connectivity index (χ1v) is 15.2. The quantitative estimate of drug-likeness (QED) is 0.148. The summed E-state index contributed by atoms with van der Waals surface area (Å²) in [6, 6.07) is 42.6. The molecule has 2 nitrogen and oxygen atoms in total. The van der Waals surface area contributed by atoms with Gasteiger partial charge in [0.15, 0.2) is 6.20 Å². The van der Waals surface area contributed by atoms with Crippen molar-refractivity contribution in [1.29, 1.82) is 0 Å². The van der Waals surface area contributed by atoms with Gasteiger partial charge < -0.3 is 4.57 Å². The number of para-hydroxylation sites is 2. The normalized spacial score (nSPS) is 12.3. The highest BCUT2D eigenvalue weighted by Gasteiger charge is 2.25. The van der Waals surface area contributed by atoms with Gasteiger partial charge in [0, 0.05) is 27.9 Å². The lowest BCUT2D eigenvalue weighted by Gasteiger charge is -2.24. The highest BCUT2D eigenvalue weighted by Crippen LogP contribution is 2.40. The van der Waals surface area contributed by atoms with Gasteiger partial charge in [0.05, 0.1) is 22.0 Å². The smallest absolute Gasteiger partial charge is 0.220 e. The van der Waals surface area contributed by atoms with Crippen LogP contribution < -0.4 is 4.57 Å². The van der Waals surface area contributed by atoms with E-state index in [0.717, 1.165) is 0 Å². The second-order valence-corrected chi connectivity index (χ2v) is 13.0. The summed E-state index contributed by atoms with van der Waals surface area (Å²) in [5.74, 6) is 0. The van der Waals surface area contributed by atoms with Gasteiger partial charge in [0.25, 0.3) is 0 Å². The standard InChI is InChI=1S/C41H35N2/c1-26-29-12-6-7-13-32(29)37(41(2,3)4)25-36(26)40-35-20-18-27-24-28(19-21-30(27)31(35)22-23-42(40)5)43-38-16-10-8-14-33(38)34-15-9-11-17-39(34)43/h6-25H,1-5H3/q+1. The van der Waals surface area contributed by atoms with E-state index < -0.39 is 0 Å². The fourth-order valence-corrected chi connectivity index (χ4v) is 7.24. The molecule has 0 N–H and O–H groups in total. The zero-order valence-corrected chi connectivity index (χ0v) is 25.4. The SMILES string of the molecule is Cc1c(-c2c3ccc4cc(-n5c6ccccc6c6ccccc65)ccc4c3cc[n+]2C)cc(C(C)(C)C)c2ccccc12. The lowest BCUT2D eigenvalue weighted by Crippen LogP contribution is -2.31. The summed E-state index contributed by atoms with van der Waals surface area (Å²) in [7, 11) is 2.18. The van der Waals surface area contributed by atoms with Crippen LogP contribution in [0.15, 0.2) is 121 Å². The monoisotopic (exact) mass is 555 g/mol. The average Bonchev–Trinajstić information content (AvgIpc) is 3.35. The Morgan fingerprint density at radius 3 is 1.84 bits per heavy atom. The molecule has 0 unspecified atom stereocenters. The number of pyridine rings is 1. The minimum absolute atomic E-state index is 0.0289. The Morgan fingerprint density at radius 2 is 1.16 bits per heavy atom.